The number of hydrogen-bond donors (Lipinski definition) is 1. The SMILES string of the molecule is CC(=O)C(C)c1cc2nc[nH]c(=O)c2cc1[N+](=O)[O-]. The van der Waals surface area contributed by atoms with E-state index in [1.165, 1.54) is 19.3 Å². The fourth-order valence-corrected chi connectivity index (χ4v) is 1.84. The lowest BCUT2D eigenvalue weighted by Crippen LogP contribution is -2.11. The monoisotopic (exact) mass is 261 g/mol. The van der Waals surface area contributed by atoms with Gasteiger partial charge in [-0.3, -0.25) is 19.7 Å². The van der Waals surface area contributed by atoms with Crippen molar-refractivity contribution >= 4 is 22.4 Å². The Kier molecular flexibility index (Phi) is 3.12. The van der Waals surface area contributed by atoms with Crippen LogP contribution in [0.4, 0.5) is 5.69 Å². The van der Waals surface area contributed by atoms with Crippen molar-refractivity contribution in [2.45, 2.75) is 19.8 Å². The lowest BCUT2D eigenvalue weighted by molar-refractivity contribution is -0.385. The van der Waals surface area contributed by atoms with Gasteiger partial charge in [0, 0.05) is 17.5 Å². The summed E-state index contributed by atoms with van der Waals surface area (Å²) in [4.78, 5) is 39.8. The summed E-state index contributed by atoms with van der Waals surface area (Å²) in [7, 11) is 0. The maximum atomic E-state index is 11.6. The van der Waals surface area contributed by atoms with Crippen molar-refractivity contribution in [3.63, 3.8) is 0 Å². The van der Waals surface area contributed by atoms with E-state index in [4.69, 9.17) is 0 Å². The van der Waals surface area contributed by atoms with Gasteiger partial charge in [0.1, 0.15) is 5.78 Å². The van der Waals surface area contributed by atoms with E-state index in [1.54, 1.807) is 6.92 Å². The number of nitrogens with one attached hydrogen (secondary N) is 1. The topological polar surface area (TPSA) is 106 Å². The predicted molar refractivity (Wildman–Crippen MR) is 68.1 cm³/mol. The third-order valence-electron chi connectivity index (χ3n) is 3.06. The second kappa shape index (κ2) is 4.60. The van der Waals surface area contributed by atoms with Crippen LogP contribution in [0.1, 0.15) is 25.3 Å². The highest BCUT2D eigenvalue weighted by atomic mass is 16.6. The van der Waals surface area contributed by atoms with Crippen molar-refractivity contribution in [3.05, 3.63) is 44.5 Å². The number of carbonyl (C=O) groups is 1. The van der Waals surface area contributed by atoms with Gasteiger partial charge >= 0.3 is 0 Å². The number of Topliss-reactive ketones (excluding diaryl/α,β-unsaturated/α-hetero) is 1. The number of fused-ring (bicyclic) bond motifs is 1. The molecule has 0 aliphatic rings. The normalized spacial score (nSPS) is 12.3. The number of aromatic amines is 1. The van der Waals surface area contributed by atoms with Gasteiger partial charge < -0.3 is 4.98 Å². The first kappa shape index (κ1) is 12.9. The zero-order valence-corrected chi connectivity index (χ0v) is 10.3. The van der Waals surface area contributed by atoms with Crippen LogP contribution in [-0.2, 0) is 4.79 Å². The highest BCUT2D eigenvalue weighted by Crippen LogP contribution is 2.29. The van der Waals surface area contributed by atoms with Gasteiger partial charge in [-0.2, -0.15) is 0 Å². The van der Waals surface area contributed by atoms with Crippen LogP contribution >= 0.6 is 0 Å². The van der Waals surface area contributed by atoms with E-state index < -0.39 is 16.4 Å². The molecule has 1 atom stereocenters. The van der Waals surface area contributed by atoms with E-state index in [1.807, 2.05) is 0 Å². The molecule has 1 aromatic carbocycles. The van der Waals surface area contributed by atoms with Crippen molar-refractivity contribution in [2.24, 2.45) is 0 Å². The van der Waals surface area contributed by atoms with Gasteiger partial charge in [0.25, 0.3) is 11.2 Å². The minimum atomic E-state index is -0.620. The number of nitrogens with zero attached hydrogens (tertiary/aromatic N) is 2. The minimum Gasteiger partial charge on any atom is -0.313 e. The molecule has 0 spiro atoms. The van der Waals surface area contributed by atoms with Crippen molar-refractivity contribution in [2.75, 3.05) is 0 Å². The molecule has 2 aromatic rings. The van der Waals surface area contributed by atoms with Crippen molar-refractivity contribution in [3.8, 4) is 0 Å². The highest BCUT2D eigenvalue weighted by Gasteiger charge is 2.23. The second-order valence-electron chi connectivity index (χ2n) is 4.25. The van der Waals surface area contributed by atoms with Crippen LogP contribution in [0, 0.1) is 10.1 Å². The zero-order chi connectivity index (χ0) is 14.2. The summed E-state index contributed by atoms with van der Waals surface area (Å²) in [6, 6.07) is 2.59. The molecule has 2 rings (SSSR count). The molecule has 0 aliphatic heterocycles. The van der Waals surface area contributed by atoms with E-state index in [-0.39, 0.29) is 22.4 Å². The van der Waals surface area contributed by atoms with Crippen LogP contribution in [-0.4, -0.2) is 20.7 Å². The first-order valence-corrected chi connectivity index (χ1v) is 5.58. The molecule has 7 nitrogen and oxygen atoms in total. The Labute approximate surface area is 107 Å². The molecule has 7 heteroatoms. The highest BCUT2D eigenvalue weighted by molar-refractivity contribution is 5.88. The van der Waals surface area contributed by atoms with Crippen LogP contribution < -0.4 is 5.56 Å². The Morgan fingerprint density at radius 2 is 2.16 bits per heavy atom. The summed E-state index contributed by atoms with van der Waals surface area (Å²) in [5.74, 6) is -0.807. The number of rotatable bonds is 3. The van der Waals surface area contributed by atoms with Gasteiger partial charge in [-0.1, -0.05) is 6.92 Å². The van der Waals surface area contributed by atoms with Crippen LogP contribution in [0.15, 0.2) is 23.3 Å². The van der Waals surface area contributed by atoms with Gasteiger partial charge in [-0.15, -0.1) is 0 Å². The number of nitro groups is 1. The van der Waals surface area contributed by atoms with Crippen LogP contribution in [0.2, 0.25) is 0 Å². The van der Waals surface area contributed by atoms with Gasteiger partial charge in [-0.25, -0.2) is 4.98 Å². The largest absolute Gasteiger partial charge is 0.313 e. The molecule has 0 aliphatic carbocycles. The summed E-state index contributed by atoms with van der Waals surface area (Å²) >= 11 is 0. The summed E-state index contributed by atoms with van der Waals surface area (Å²) in [6.07, 6.45) is 1.22. The molecule has 0 saturated heterocycles. The molecule has 19 heavy (non-hydrogen) atoms. The summed E-state index contributed by atoms with van der Waals surface area (Å²) in [6.45, 7) is 2.95. The smallest absolute Gasteiger partial charge is 0.274 e. The molecule has 0 bridgehead atoms. The molecule has 1 unspecified atom stereocenters. The van der Waals surface area contributed by atoms with Crippen molar-refractivity contribution < 1.29 is 9.72 Å². The van der Waals surface area contributed by atoms with Crippen molar-refractivity contribution in [1.29, 1.82) is 0 Å². The summed E-state index contributed by atoms with van der Waals surface area (Å²) in [5, 5.41) is 11.2. The van der Waals surface area contributed by atoms with Crippen LogP contribution in [0.5, 0.6) is 0 Å². The summed E-state index contributed by atoms with van der Waals surface area (Å²) < 4.78 is 0. The Morgan fingerprint density at radius 3 is 2.74 bits per heavy atom. The fourth-order valence-electron chi connectivity index (χ4n) is 1.84. The molecule has 1 N–H and O–H groups in total. The lowest BCUT2D eigenvalue weighted by atomic mass is 9.95. The predicted octanol–water partition coefficient (Wildman–Crippen LogP) is 1.52. The molecule has 0 saturated carbocycles. The average molecular weight is 261 g/mol. The molecular formula is C12H11N3O4. The standard InChI is InChI=1S/C12H11N3O4/c1-6(7(2)16)8-3-10-9(4-11(8)15(18)19)12(17)14-5-13-10/h3-6H,1-2H3,(H,13,14,17). The van der Waals surface area contributed by atoms with E-state index >= 15 is 0 Å². The van der Waals surface area contributed by atoms with Crippen LogP contribution in [0.3, 0.4) is 0 Å². The van der Waals surface area contributed by atoms with Gasteiger partial charge in [-0.05, 0) is 13.0 Å². The molecule has 0 fully saturated rings. The van der Waals surface area contributed by atoms with E-state index in [9.17, 15) is 19.7 Å². The maximum absolute atomic E-state index is 11.6. The van der Waals surface area contributed by atoms with Crippen LogP contribution in [0.25, 0.3) is 10.9 Å². The number of benzene rings is 1. The molecule has 1 aromatic heterocycles. The Hall–Kier alpha value is -2.57. The number of nitro benzene ring substituents is 1. The number of carbonyl (C=O) groups excluding carboxylic acids is 1. The first-order chi connectivity index (χ1) is 8.91. The quantitative estimate of drug-likeness (QED) is 0.666. The van der Waals surface area contributed by atoms with E-state index in [0.29, 0.717) is 5.52 Å². The molecular weight excluding hydrogens is 250 g/mol. The fraction of sp³-hybridized carbons (Fsp3) is 0.250. The van der Waals surface area contributed by atoms with E-state index in [0.717, 1.165) is 6.07 Å². The number of aromatic nitrogens is 2. The van der Waals surface area contributed by atoms with E-state index in [2.05, 4.69) is 9.97 Å². The molecule has 98 valence electrons. The zero-order valence-electron chi connectivity index (χ0n) is 10.3. The number of ketones is 1. The summed E-state index contributed by atoms with van der Waals surface area (Å²) in [5.41, 5.74) is -0.0932. The lowest BCUT2D eigenvalue weighted by Gasteiger charge is -2.09. The average Bonchev–Trinajstić information content (AvgIpc) is 2.36. The van der Waals surface area contributed by atoms with Gasteiger partial charge in [0.15, 0.2) is 0 Å². The molecule has 0 radical (unpaired) electrons. The number of hydrogen-bond acceptors (Lipinski definition) is 5. The third kappa shape index (κ3) is 2.22. The first-order valence-electron chi connectivity index (χ1n) is 5.58. The Bertz CT molecular complexity index is 735. The van der Waals surface area contributed by atoms with Crippen molar-refractivity contribution in [1.82, 2.24) is 9.97 Å². The van der Waals surface area contributed by atoms with Gasteiger partial charge in [0.2, 0.25) is 0 Å². The maximum Gasteiger partial charge on any atom is 0.274 e. The minimum absolute atomic E-state index is 0.133. The second-order valence-corrected chi connectivity index (χ2v) is 4.25. The Morgan fingerprint density at radius 1 is 1.47 bits per heavy atom. The van der Waals surface area contributed by atoms with Gasteiger partial charge in [0.05, 0.1) is 22.2 Å². The molecule has 0 amide bonds. The third-order valence-corrected chi connectivity index (χ3v) is 3.06. The number of H-pyrrole nitrogens is 1. The molecule has 1 heterocycles. The Balaban J connectivity index is 2.82.